The van der Waals surface area contributed by atoms with E-state index in [-0.39, 0.29) is 5.92 Å². The van der Waals surface area contributed by atoms with E-state index in [9.17, 15) is 0 Å². The maximum atomic E-state index is 5.77. The molecule has 6 heteroatoms. The number of hydrogen-bond donors (Lipinski definition) is 2. The Labute approximate surface area is 113 Å². The van der Waals surface area contributed by atoms with Gasteiger partial charge in [-0.2, -0.15) is 5.10 Å². The van der Waals surface area contributed by atoms with Gasteiger partial charge in [0.1, 0.15) is 17.5 Å². The summed E-state index contributed by atoms with van der Waals surface area (Å²) in [6.45, 7) is 5.82. The number of nitrogens with one attached hydrogen (secondary N) is 1. The molecule has 2 aromatic heterocycles. The van der Waals surface area contributed by atoms with Crippen LogP contribution in [-0.2, 0) is 6.54 Å². The average Bonchev–Trinajstić information content (AvgIpc) is 2.87. The van der Waals surface area contributed by atoms with Crippen molar-refractivity contribution in [3.8, 4) is 0 Å². The largest absolute Gasteiger partial charge is 0.384 e. The van der Waals surface area contributed by atoms with Gasteiger partial charge < -0.3 is 11.1 Å². The van der Waals surface area contributed by atoms with Crippen molar-refractivity contribution in [1.29, 1.82) is 0 Å². The van der Waals surface area contributed by atoms with Crippen molar-refractivity contribution in [2.45, 2.75) is 32.7 Å². The smallest absolute Gasteiger partial charge is 0.135 e. The number of aryl methyl sites for hydroxylation is 1. The van der Waals surface area contributed by atoms with Crippen LogP contribution in [0.15, 0.2) is 24.5 Å². The van der Waals surface area contributed by atoms with E-state index >= 15 is 0 Å². The average molecular weight is 260 g/mol. The second-order valence-electron chi connectivity index (χ2n) is 4.74. The second-order valence-corrected chi connectivity index (χ2v) is 4.74. The Morgan fingerprint density at radius 1 is 1.37 bits per heavy atom. The van der Waals surface area contributed by atoms with Gasteiger partial charge in [-0.15, -0.1) is 0 Å². The monoisotopic (exact) mass is 260 g/mol. The molecule has 3 N–H and O–H groups in total. The minimum absolute atomic E-state index is 0.271. The molecule has 0 unspecified atom stereocenters. The number of aromatic nitrogens is 4. The molecule has 0 spiro atoms. The van der Waals surface area contributed by atoms with Gasteiger partial charge in [0.2, 0.25) is 0 Å². The maximum absolute atomic E-state index is 5.77. The highest BCUT2D eigenvalue weighted by Crippen LogP contribution is 2.14. The van der Waals surface area contributed by atoms with Crippen LogP contribution >= 0.6 is 0 Å². The Morgan fingerprint density at radius 3 is 2.89 bits per heavy atom. The van der Waals surface area contributed by atoms with Crippen LogP contribution in [0.3, 0.4) is 0 Å². The predicted octanol–water partition coefficient (Wildman–Crippen LogP) is 1.88. The lowest BCUT2D eigenvalue weighted by Crippen LogP contribution is -2.10. The third-order valence-electron chi connectivity index (χ3n) is 2.71. The van der Waals surface area contributed by atoms with Crippen molar-refractivity contribution in [3.05, 3.63) is 30.4 Å². The summed E-state index contributed by atoms with van der Waals surface area (Å²) < 4.78 is 1.91. The van der Waals surface area contributed by atoms with Crippen LogP contribution in [-0.4, -0.2) is 26.3 Å². The molecular weight excluding hydrogens is 240 g/mol. The number of rotatable bonds is 6. The number of anilines is 2. The zero-order valence-electron chi connectivity index (χ0n) is 11.4. The number of nitrogens with two attached hydrogens (primary N) is 1. The minimum atomic E-state index is 0.271. The van der Waals surface area contributed by atoms with Crippen molar-refractivity contribution in [3.63, 3.8) is 0 Å². The van der Waals surface area contributed by atoms with Crippen LogP contribution in [0.1, 0.15) is 32.0 Å². The van der Waals surface area contributed by atoms with Crippen molar-refractivity contribution >= 4 is 11.6 Å². The highest BCUT2D eigenvalue weighted by atomic mass is 15.3. The van der Waals surface area contributed by atoms with E-state index in [0.29, 0.717) is 5.82 Å². The van der Waals surface area contributed by atoms with Crippen LogP contribution in [0.2, 0.25) is 0 Å². The fraction of sp³-hybridized carbons (Fsp3) is 0.462. The van der Waals surface area contributed by atoms with Crippen molar-refractivity contribution in [2.24, 2.45) is 0 Å². The highest BCUT2D eigenvalue weighted by molar-refractivity contribution is 5.44. The van der Waals surface area contributed by atoms with Gasteiger partial charge in [-0.05, 0) is 12.5 Å². The van der Waals surface area contributed by atoms with E-state index in [1.807, 2.05) is 16.9 Å². The fourth-order valence-electron chi connectivity index (χ4n) is 1.72. The lowest BCUT2D eigenvalue weighted by atomic mass is 10.2. The fourth-order valence-corrected chi connectivity index (χ4v) is 1.72. The first-order chi connectivity index (χ1) is 9.15. The van der Waals surface area contributed by atoms with E-state index in [1.54, 1.807) is 12.3 Å². The summed E-state index contributed by atoms with van der Waals surface area (Å²) in [4.78, 5) is 8.66. The van der Waals surface area contributed by atoms with E-state index in [0.717, 1.165) is 31.2 Å². The van der Waals surface area contributed by atoms with Crippen molar-refractivity contribution in [1.82, 2.24) is 19.7 Å². The van der Waals surface area contributed by atoms with Gasteiger partial charge in [0.15, 0.2) is 0 Å². The molecule has 0 aliphatic carbocycles. The molecule has 6 nitrogen and oxygen atoms in total. The predicted molar refractivity (Wildman–Crippen MR) is 75.9 cm³/mol. The summed E-state index contributed by atoms with van der Waals surface area (Å²) in [6.07, 6.45) is 4.72. The Morgan fingerprint density at radius 2 is 2.21 bits per heavy atom. The molecule has 0 aromatic carbocycles. The first-order valence-corrected chi connectivity index (χ1v) is 6.51. The molecule has 2 aromatic rings. The van der Waals surface area contributed by atoms with Crippen LogP contribution in [0.5, 0.6) is 0 Å². The van der Waals surface area contributed by atoms with E-state index in [4.69, 9.17) is 5.73 Å². The number of hydrogen-bond acceptors (Lipinski definition) is 5. The quantitative estimate of drug-likeness (QED) is 0.775. The zero-order chi connectivity index (χ0) is 13.7. The first-order valence-electron chi connectivity index (χ1n) is 6.51. The molecule has 0 saturated heterocycles. The Hall–Kier alpha value is -2.11. The van der Waals surface area contributed by atoms with Crippen LogP contribution in [0.4, 0.5) is 11.6 Å². The van der Waals surface area contributed by atoms with E-state index in [2.05, 4.69) is 34.2 Å². The third kappa shape index (κ3) is 3.94. The van der Waals surface area contributed by atoms with Gasteiger partial charge in [-0.25, -0.2) is 9.97 Å². The van der Waals surface area contributed by atoms with Gasteiger partial charge >= 0.3 is 0 Å². The lowest BCUT2D eigenvalue weighted by Gasteiger charge is -2.10. The number of nitrogen functional groups attached to an aromatic ring is 1. The molecule has 2 heterocycles. The second kappa shape index (κ2) is 6.17. The molecule has 0 bridgehead atoms. The molecular formula is C13H20N6. The molecule has 0 aliphatic heterocycles. The zero-order valence-corrected chi connectivity index (χ0v) is 11.4. The molecule has 0 fully saturated rings. The highest BCUT2D eigenvalue weighted by Gasteiger charge is 2.06. The normalized spacial score (nSPS) is 10.9. The summed E-state index contributed by atoms with van der Waals surface area (Å²) in [7, 11) is 0. The summed E-state index contributed by atoms with van der Waals surface area (Å²) in [6, 6.07) is 3.69. The van der Waals surface area contributed by atoms with E-state index in [1.165, 1.54) is 0 Å². The molecule has 0 atom stereocenters. The van der Waals surface area contributed by atoms with Crippen molar-refractivity contribution < 1.29 is 0 Å². The van der Waals surface area contributed by atoms with Crippen molar-refractivity contribution in [2.75, 3.05) is 17.6 Å². The minimum Gasteiger partial charge on any atom is -0.384 e. The molecule has 0 aliphatic rings. The standard InChI is InChI=1S/C13H20N6/c1-10(2)13-17-11(14)9-12(18-13)15-5-3-7-19-8-4-6-16-19/h4,6,8-10H,3,5,7H2,1-2H3,(H3,14,15,17,18). The van der Waals surface area contributed by atoms with Gasteiger partial charge in [-0.1, -0.05) is 13.8 Å². The number of nitrogens with zero attached hydrogens (tertiary/aromatic N) is 4. The molecule has 102 valence electrons. The molecule has 2 rings (SSSR count). The molecule has 0 radical (unpaired) electrons. The summed E-state index contributed by atoms with van der Waals surface area (Å²) in [5.74, 6) is 2.34. The summed E-state index contributed by atoms with van der Waals surface area (Å²) in [5, 5.41) is 7.43. The summed E-state index contributed by atoms with van der Waals surface area (Å²) in [5.41, 5.74) is 5.77. The SMILES string of the molecule is CC(C)c1nc(N)cc(NCCCn2cccn2)n1. The van der Waals surface area contributed by atoms with E-state index < -0.39 is 0 Å². The van der Waals surface area contributed by atoms with Crippen LogP contribution < -0.4 is 11.1 Å². The molecule has 0 amide bonds. The van der Waals surface area contributed by atoms with Gasteiger partial charge in [0.25, 0.3) is 0 Å². The van der Waals surface area contributed by atoms with Crippen LogP contribution in [0.25, 0.3) is 0 Å². The first kappa shape index (κ1) is 13.3. The Balaban J connectivity index is 1.85. The summed E-state index contributed by atoms with van der Waals surface area (Å²) >= 11 is 0. The Bertz CT molecular complexity index is 506. The lowest BCUT2D eigenvalue weighted by molar-refractivity contribution is 0.591. The topological polar surface area (TPSA) is 81.6 Å². The third-order valence-corrected chi connectivity index (χ3v) is 2.71. The van der Waals surface area contributed by atoms with Gasteiger partial charge in [-0.3, -0.25) is 4.68 Å². The van der Waals surface area contributed by atoms with Gasteiger partial charge in [0.05, 0.1) is 0 Å². The van der Waals surface area contributed by atoms with Gasteiger partial charge in [0, 0.05) is 37.5 Å². The molecule has 19 heavy (non-hydrogen) atoms. The molecule has 0 saturated carbocycles. The maximum Gasteiger partial charge on any atom is 0.135 e. The van der Waals surface area contributed by atoms with Crippen LogP contribution in [0, 0.1) is 0 Å². The Kier molecular flexibility index (Phi) is 4.33.